The number of carbonyl (C=O) groups is 2. The number of nitrogens with two attached hydrogens (primary N) is 2. The van der Waals surface area contributed by atoms with Crippen molar-refractivity contribution in [2.75, 3.05) is 26.3 Å². The molecule has 0 saturated carbocycles. The summed E-state index contributed by atoms with van der Waals surface area (Å²) in [5.74, 6) is -0.556. The summed E-state index contributed by atoms with van der Waals surface area (Å²) in [6, 6.07) is -0.727. The second-order valence-electron chi connectivity index (χ2n) is 3.54. The van der Waals surface area contributed by atoms with Crippen LogP contribution in [0, 0.1) is 0 Å². The quantitative estimate of drug-likeness (QED) is 0.660. The van der Waals surface area contributed by atoms with Crippen molar-refractivity contribution in [3.05, 3.63) is 0 Å². The van der Waals surface area contributed by atoms with Gasteiger partial charge in [-0.1, -0.05) is 0 Å². The van der Waals surface area contributed by atoms with Crippen LogP contribution >= 0.6 is 12.4 Å². The molecule has 0 aromatic heterocycles. The van der Waals surface area contributed by atoms with Gasteiger partial charge in [-0.25, -0.2) is 0 Å². The summed E-state index contributed by atoms with van der Waals surface area (Å²) in [6.45, 7) is 2.39. The Hall–Kier alpha value is -0.850. The first-order chi connectivity index (χ1) is 7.11. The lowest BCUT2D eigenvalue weighted by Gasteiger charge is -2.27. The lowest BCUT2D eigenvalue weighted by Crippen LogP contribution is -2.42. The third kappa shape index (κ3) is 4.78. The average molecular weight is 252 g/mol. The van der Waals surface area contributed by atoms with Crippen molar-refractivity contribution < 1.29 is 14.3 Å². The van der Waals surface area contributed by atoms with E-state index in [4.69, 9.17) is 16.2 Å². The van der Waals surface area contributed by atoms with Gasteiger partial charge in [0, 0.05) is 19.5 Å². The van der Waals surface area contributed by atoms with Crippen molar-refractivity contribution in [3.63, 3.8) is 0 Å². The summed E-state index contributed by atoms with van der Waals surface area (Å²) in [5.41, 5.74) is 10.4. The van der Waals surface area contributed by atoms with Crippen LogP contribution in [0.2, 0.25) is 0 Å². The number of hydrogen-bond acceptors (Lipinski definition) is 4. The van der Waals surface area contributed by atoms with Crippen molar-refractivity contribution in [1.82, 2.24) is 4.90 Å². The van der Waals surface area contributed by atoms with E-state index in [1.807, 2.05) is 0 Å². The van der Waals surface area contributed by atoms with E-state index >= 15 is 0 Å². The molecule has 94 valence electrons. The van der Waals surface area contributed by atoms with Gasteiger partial charge < -0.3 is 21.1 Å². The number of halogens is 1. The van der Waals surface area contributed by atoms with E-state index in [0.717, 1.165) is 0 Å². The molecule has 1 atom stereocenters. The largest absolute Gasteiger partial charge is 0.378 e. The molecule has 1 rings (SSSR count). The van der Waals surface area contributed by atoms with Crippen molar-refractivity contribution >= 4 is 24.2 Å². The zero-order valence-electron chi connectivity index (χ0n) is 9.05. The van der Waals surface area contributed by atoms with Gasteiger partial charge in [0.1, 0.15) is 0 Å². The highest BCUT2D eigenvalue weighted by Crippen LogP contribution is 2.03. The van der Waals surface area contributed by atoms with Gasteiger partial charge in [0.05, 0.1) is 19.3 Å². The van der Waals surface area contributed by atoms with Crippen molar-refractivity contribution in [1.29, 1.82) is 0 Å². The molecular weight excluding hydrogens is 234 g/mol. The number of nitrogens with zero attached hydrogens (tertiary/aromatic N) is 1. The molecule has 0 aromatic rings. The van der Waals surface area contributed by atoms with Crippen LogP contribution in [0.1, 0.15) is 12.8 Å². The van der Waals surface area contributed by atoms with Gasteiger partial charge in [-0.3, -0.25) is 9.59 Å². The number of hydrogen-bond donors (Lipinski definition) is 2. The third-order valence-corrected chi connectivity index (χ3v) is 2.40. The van der Waals surface area contributed by atoms with E-state index in [1.165, 1.54) is 0 Å². The molecule has 0 bridgehead atoms. The van der Waals surface area contributed by atoms with Gasteiger partial charge in [-0.2, -0.15) is 0 Å². The molecule has 7 heteroatoms. The topological polar surface area (TPSA) is 98.7 Å². The van der Waals surface area contributed by atoms with Crippen molar-refractivity contribution in [3.8, 4) is 0 Å². The molecule has 16 heavy (non-hydrogen) atoms. The van der Waals surface area contributed by atoms with E-state index in [-0.39, 0.29) is 24.7 Å². The zero-order chi connectivity index (χ0) is 11.3. The zero-order valence-corrected chi connectivity index (χ0v) is 9.87. The van der Waals surface area contributed by atoms with Gasteiger partial charge in [0.2, 0.25) is 11.8 Å². The fourth-order valence-electron chi connectivity index (χ4n) is 1.39. The molecule has 1 aliphatic rings. The first kappa shape index (κ1) is 15.2. The second-order valence-corrected chi connectivity index (χ2v) is 3.54. The van der Waals surface area contributed by atoms with E-state index in [0.29, 0.717) is 32.7 Å². The van der Waals surface area contributed by atoms with E-state index in [9.17, 15) is 9.59 Å². The Morgan fingerprint density at radius 2 is 1.88 bits per heavy atom. The molecule has 1 saturated heterocycles. The number of amides is 2. The van der Waals surface area contributed by atoms with E-state index in [1.54, 1.807) is 4.90 Å². The molecule has 1 unspecified atom stereocenters. The minimum Gasteiger partial charge on any atom is -0.378 e. The SMILES string of the molecule is Cl.NC(=O)C(N)CCC(=O)N1CCOCC1. The van der Waals surface area contributed by atoms with Crippen LogP contribution in [-0.4, -0.2) is 49.1 Å². The fourth-order valence-corrected chi connectivity index (χ4v) is 1.39. The Balaban J connectivity index is 0.00000225. The molecule has 1 aliphatic heterocycles. The average Bonchev–Trinajstić information content (AvgIpc) is 2.26. The van der Waals surface area contributed by atoms with Crippen LogP contribution in [0.15, 0.2) is 0 Å². The van der Waals surface area contributed by atoms with Gasteiger partial charge >= 0.3 is 0 Å². The Morgan fingerprint density at radius 1 is 1.31 bits per heavy atom. The van der Waals surface area contributed by atoms with Gasteiger partial charge in [0.15, 0.2) is 0 Å². The fraction of sp³-hybridized carbons (Fsp3) is 0.778. The molecule has 4 N–H and O–H groups in total. The van der Waals surface area contributed by atoms with Crippen LogP contribution in [-0.2, 0) is 14.3 Å². The number of rotatable bonds is 4. The Bertz CT molecular complexity index is 244. The molecule has 0 aliphatic carbocycles. The first-order valence-electron chi connectivity index (χ1n) is 5.01. The van der Waals surface area contributed by atoms with E-state index in [2.05, 4.69) is 0 Å². The molecule has 0 aromatic carbocycles. The highest BCUT2D eigenvalue weighted by Gasteiger charge is 2.18. The third-order valence-electron chi connectivity index (χ3n) is 2.40. The van der Waals surface area contributed by atoms with Gasteiger partial charge in [0.25, 0.3) is 0 Å². The Morgan fingerprint density at radius 3 is 2.38 bits per heavy atom. The van der Waals surface area contributed by atoms with Crippen molar-refractivity contribution in [2.45, 2.75) is 18.9 Å². The number of ether oxygens (including phenoxy) is 1. The van der Waals surface area contributed by atoms with Crippen LogP contribution < -0.4 is 11.5 Å². The monoisotopic (exact) mass is 251 g/mol. The number of morpholine rings is 1. The molecule has 6 nitrogen and oxygen atoms in total. The van der Waals surface area contributed by atoms with Crippen molar-refractivity contribution in [2.24, 2.45) is 11.5 Å². The summed E-state index contributed by atoms with van der Waals surface area (Å²) < 4.78 is 5.12. The predicted molar refractivity (Wildman–Crippen MR) is 61.1 cm³/mol. The molecule has 1 fully saturated rings. The highest BCUT2D eigenvalue weighted by atomic mass is 35.5. The highest BCUT2D eigenvalue weighted by molar-refractivity contribution is 5.85. The normalized spacial score (nSPS) is 17.4. The van der Waals surface area contributed by atoms with Gasteiger partial charge in [-0.05, 0) is 6.42 Å². The summed E-state index contributed by atoms with van der Waals surface area (Å²) in [5, 5.41) is 0. The molecule has 2 amide bonds. The summed E-state index contributed by atoms with van der Waals surface area (Å²) >= 11 is 0. The minimum atomic E-state index is -0.727. The Kier molecular flexibility index (Phi) is 7.03. The van der Waals surface area contributed by atoms with E-state index < -0.39 is 11.9 Å². The first-order valence-corrected chi connectivity index (χ1v) is 5.01. The number of carbonyl (C=O) groups excluding carboxylic acids is 2. The van der Waals surface area contributed by atoms with Crippen LogP contribution in [0.4, 0.5) is 0 Å². The minimum absolute atomic E-state index is 0. The summed E-state index contributed by atoms with van der Waals surface area (Å²) in [7, 11) is 0. The Labute approximate surface area is 101 Å². The molecule has 0 radical (unpaired) electrons. The summed E-state index contributed by atoms with van der Waals surface area (Å²) in [6.07, 6.45) is 0.579. The molecule has 0 spiro atoms. The number of primary amides is 1. The second kappa shape index (κ2) is 7.43. The molecule has 1 heterocycles. The molecular formula is C9H18ClN3O3. The maximum Gasteiger partial charge on any atom is 0.234 e. The van der Waals surface area contributed by atoms with Crippen LogP contribution in [0.3, 0.4) is 0 Å². The maximum atomic E-state index is 11.6. The lowest BCUT2D eigenvalue weighted by atomic mass is 10.1. The van der Waals surface area contributed by atoms with Crippen LogP contribution in [0.25, 0.3) is 0 Å². The smallest absolute Gasteiger partial charge is 0.234 e. The van der Waals surface area contributed by atoms with Crippen LogP contribution in [0.5, 0.6) is 0 Å². The summed E-state index contributed by atoms with van der Waals surface area (Å²) in [4.78, 5) is 23.9. The maximum absolute atomic E-state index is 11.6. The predicted octanol–water partition coefficient (Wildman–Crippen LogP) is -1.14. The lowest BCUT2D eigenvalue weighted by molar-refractivity contribution is -0.135. The van der Waals surface area contributed by atoms with Gasteiger partial charge in [-0.15, -0.1) is 12.4 Å². The standard InChI is InChI=1S/C9H17N3O3.ClH/c10-7(9(11)14)1-2-8(13)12-3-5-15-6-4-12;/h7H,1-6,10H2,(H2,11,14);1H.